The second-order valence-corrected chi connectivity index (χ2v) is 8.24. The average molecular weight is 381 g/mol. The van der Waals surface area contributed by atoms with Gasteiger partial charge in [-0.2, -0.15) is 0 Å². The number of amides is 1. The highest BCUT2D eigenvalue weighted by Crippen LogP contribution is 2.26. The molecule has 150 valence electrons. The zero-order chi connectivity index (χ0) is 20.7. The van der Waals surface area contributed by atoms with E-state index in [2.05, 4.69) is 63.3 Å². The van der Waals surface area contributed by atoms with Crippen molar-refractivity contribution in [1.82, 2.24) is 0 Å². The van der Waals surface area contributed by atoms with E-state index in [-0.39, 0.29) is 11.3 Å². The summed E-state index contributed by atoms with van der Waals surface area (Å²) in [6.07, 6.45) is 1.95. The number of nitrogens with one attached hydrogen (secondary N) is 1. The Bertz CT molecular complexity index is 804. The number of carbonyl (C=O) groups excluding carboxylic acids is 1. The number of nitrogens with zero attached hydrogens (tertiary/aromatic N) is 1. The van der Waals surface area contributed by atoms with Gasteiger partial charge in [0.25, 0.3) is 5.91 Å². The molecule has 0 aliphatic rings. The van der Waals surface area contributed by atoms with Crippen LogP contribution in [0.15, 0.2) is 53.7 Å². The molecule has 4 heteroatoms. The monoisotopic (exact) mass is 380 g/mol. The third-order valence-corrected chi connectivity index (χ3v) is 4.93. The van der Waals surface area contributed by atoms with Gasteiger partial charge in [0, 0.05) is 5.69 Å². The minimum atomic E-state index is -0.685. The molecule has 0 aliphatic carbocycles. The fourth-order valence-electron chi connectivity index (χ4n) is 2.79. The van der Waals surface area contributed by atoms with Gasteiger partial charge < -0.3 is 10.2 Å². The lowest BCUT2D eigenvalue weighted by Gasteiger charge is -2.18. The highest BCUT2D eigenvalue weighted by Gasteiger charge is 2.17. The first-order chi connectivity index (χ1) is 13.2. The SMILES string of the molecule is CC[C@@H](C)c1ccccc1NC(=O)[C@H](C)O/N=C\c1ccc(C(C)(C)C)cc1. The maximum absolute atomic E-state index is 12.5. The molecule has 28 heavy (non-hydrogen) atoms. The van der Waals surface area contributed by atoms with E-state index in [1.54, 1.807) is 13.1 Å². The third kappa shape index (κ3) is 5.95. The summed E-state index contributed by atoms with van der Waals surface area (Å²) in [5.74, 6) is 0.165. The molecular weight excluding hydrogens is 348 g/mol. The summed E-state index contributed by atoms with van der Waals surface area (Å²) in [7, 11) is 0. The molecule has 2 aromatic carbocycles. The van der Waals surface area contributed by atoms with Crippen LogP contribution >= 0.6 is 0 Å². The average Bonchev–Trinajstić information content (AvgIpc) is 2.67. The molecule has 0 unspecified atom stereocenters. The largest absolute Gasteiger partial charge is 0.383 e. The maximum atomic E-state index is 12.5. The Balaban J connectivity index is 1.95. The van der Waals surface area contributed by atoms with E-state index in [1.165, 1.54) is 5.56 Å². The minimum absolute atomic E-state index is 0.115. The summed E-state index contributed by atoms with van der Waals surface area (Å²) in [6.45, 7) is 12.5. The van der Waals surface area contributed by atoms with E-state index in [0.717, 1.165) is 23.2 Å². The molecule has 2 rings (SSSR count). The van der Waals surface area contributed by atoms with Crippen LogP contribution in [0.1, 0.15) is 70.6 Å². The van der Waals surface area contributed by atoms with E-state index in [0.29, 0.717) is 5.92 Å². The van der Waals surface area contributed by atoms with Crippen molar-refractivity contribution in [1.29, 1.82) is 0 Å². The molecule has 0 radical (unpaired) electrons. The summed E-state index contributed by atoms with van der Waals surface area (Å²) in [5, 5.41) is 6.94. The highest BCUT2D eigenvalue weighted by atomic mass is 16.6. The van der Waals surface area contributed by atoms with Crippen molar-refractivity contribution in [2.24, 2.45) is 5.16 Å². The number of para-hydroxylation sites is 1. The van der Waals surface area contributed by atoms with Gasteiger partial charge in [-0.05, 0) is 47.4 Å². The van der Waals surface area contributed by atoms with Gasteiger partial charge >= 0.3 is 0 Å². The van der Waals surface area contributed by atoms with Gasteiger partial charge in [-0.1, -0.05) is 82.2 Å². The fraction of sp³-hybridized carbons (Fsp3) is 0.417. The lowest BCUT2D eigenvalue weighted by molar-refractivity contribution is -0.126. The summed E-state index contributed by atoms with van der Waals surface area (Å²) < 4.78 is 0. The van der Waals surface area contributed by atoms with Crippen LogP contribution < -0.4 is 5.32 Å². The number of rotatable bonds is 7. The van der Waals surface area contributed by atoms with Gasteiger partial charge in [-0.15, -0.1) is 0 Å². The number of oxime groups is 1. The number of carbonyl (C=O) groups is 1. The Hall–Kier alpha value is -2.62. The van der Waals surface area contributed by atoms with Crippen LogP contribution in [0.2, 0.25) is 0 Å². The van der Waals surface area contributed by atoms with Crippen LogP contribution in [0.25, 0.3) is 0 Å². The summed E-state index contributed by atoms with van der Waals surface area (Å²) >= 11 is 0. The first kappa shape index (κ1) is 21.7. The lowest BCUT2D eigenvalue weighted by atomic mass is 9.87. The number of hydrogen-bond donors (Lipinski definition) is 1. The summed E-state index contributed by atoms with van der Waals surface area (Å²) in [4.78, 5) is 17.8. The van der Waals surface area contributed by atoms with Gasteiger partial charge in [0.1, 0.15) is 0 Å². The predicted molar refractivity (Wildman–Crippen MR) is 117 cm³/mol. The molecule has 0 fully saturated rings. The standard InChI is InChI=1S/C24H32N2O2/c1-7-17(2)21-10-8-9-11-22(21)26-23(27)18(3)28-25-16-19-12-14-20(15-13-19)24(4,5)6/h8-18H,7H2,1-6H3,(H,26,27)/b25-16-/t17-,18+/m1/s1. The molecule has 4 nitrogen and oxygen atoms in total. The van der Waals surface area contributed by atoms with Crippen molar-refractivity contribution >= 4 is 17.8 Å². The Morgan fingerprint density at radius 2 is 1.75 bits per heavy atom. The smallest absolute Gasteiger partial charge is 0.267 e. The molecule has 0 aliphatic heterocycles. The Labute approximate surface area is 169 Å². The minimum Gasteiger partial charge on any atom is -0.383 e. The normalized spacial score (nSPS) is 13.9. The molecule has 0 saturated heterocycles. The Morgan fingerprint density at radius 3 is 2.36 bits per heavy atom. The molecule has 0 aromatic heterocycles. The fourth-order valence-corrected chi connectivity index (χ4v) is 2.79. The van der Waals surface area contributed by atoms with Crippen molar-refractivity contribution in [3.05, 3.63) is 65.2 Å². The molecule has 0 spiro atoms. The van der Waals surface area contributed by atoms with Crippen molar-refractivity contribution in [3.8, 4) is 0 Å². The van der Waals surface area contributed by atoms with Crippen LogP contribution in [0.4, 0.5) is 5.69 Å². The van der Waals surface area contributed by atoms with Crippen LogP contribution in [-0.4, -0.2) is 18.2 Å². The predicted octanol–water partition coefficient (Wildman–Crippen LogP) is 5.88. The van der Waals surface area contributed by atoms with Gasteiger partial charge in [0.05, 0.1) is 6.21 Å². The Kier molecular flexibility index (Phi) is 7.38. The van der Waals surface area contributed by atoms with Crippen molar-refractivity contribution < 1.29 is 9.63 Å². The van der Waals surface area contributed by atoms with Crippen molar-refractivity contribution in [3.63, 3.8) is 0 Å². The highest BCUT2D eigenvalue weighted by molar-refractivity contribution is 5.94. The second-order valence-electron chi connectivity index (χ2n) is 8.24. The van der Waals surface area contributed by atoms with Gasteiger partial charge in [0.15, 0.2) is 0 Å². The molecule has 2 aromatic rings. The van der Waals surface area contributed by atoms with Crippen LogP contribution in [0.3, 0.4) is 0 Å². The molecule has 0 bridgehead atoms. The topological polar surface area (TPSA) is 50.7 Å². The van der Waals surface area contributed by atoms with E-state index in [4.69, 9.17) is 4.84 Å². The van der Waals surface area contributed by atoms with Crippen LogP contribution in [-0.2, 0) is 15.0 Å². The maximum Gasteiger partial charge on any atom is 0.267 e. The third-order valence-electron chi connectivity index (χ3n) is 4.93. The molecule has 2 atom stereocenters. The number of benzene rings is 2. The van der Waals surface area contributed by atoms with Gasteiger partial charge in [0.2, 0.25) is 6.10 Å². The first-order valence-electron chi connectivity index (χ1n) is 9.92. The molecule has 0 saturated carbocycles. The summed E-state index contributed by atoms with van der Waals surface area (Å²) in [5.41, 5.74) is 4.28. The van der Waals surface area contributed by atoms with Crippen LogP contribution in [0.5, 0.6) is 0 Å². The zero-order valence-corrected chi connectivity index (χ0v) is 17.8. The van der Waals surface area contributed by atoms with Crippen LogP contribution in [0, 0.1) is 0 Å². The van der Waals surface area contributed by atoms with Gasteiger partial charge in [-0.3, -0.25) is 4.79 Å². The van der Waals surface area contributed by atoms with Gasteiger partial charge in [-0.25, -0.2) is 0 Å². The second kappa shape index (κ2) is 9.54. The van der Waals surface area contributed by atoms with Crippen molar-refractivity contribution in [2.45, 2.75) is 65.4 Å². The van der Waals surface area contributed by atoms with E-state index < -0.39 is 6.10 Å². The molecular formula is C24H32N2O2. The molecule has 1 N–H and O–H groups in total. The summed E-state index contributed by atoms with van der Waals surface area (Å²) in [6, 6.07) is 16.1. The van der Waals surface area contributed by atoms with Crippen molar-refractivity contribution in [2.75, 3.05) is 5.32 Å². The first-order valence-corrected chi connectivity index (χ1v) is 9.92. The molecule has 1 amide bonds. The molecule has 0 heterocycles. The van der Waals surface area contributed by atoms with E-state index in [1.807, 2.05) is 30.3 Å². The number of hydrogen-bond acceptors (Lipinski definition) is 3. The quantitative estimate of drug-likeness (QED) is 0.482. The van der Waals surface area contributed by atoms with E-state index >= 15 is 0 Å². The lowest BCUT2D eigenvalue weighted by Crippen LogP contribution is -2.27. The van der Waals surface area contributed by atoms with E-state index in [9.17, 15) is 4.79 Å². The number of anilines is 1. The zero-order valence-electron chi connectivity index (χ0n) is 17.8. The Morgan fingerprint density at radius 1 is 1.11 bits per heavy atom.